The average molecular weight is 150 g/mol. The third kappa shape index (κ3) is 1.24. The van der Waals surface area contributed by atoms with Gasteiger partial charge in [-0.3, -0.25) is 4.79 Å². The minimum absolute atomic E-state index is 0.450. The quantitative estimate of drug-likeness (QED) is 0.518. The van der Waals surface area contributed by atoms with E-state index in [1.807, 2.05) is 0 Å². The Morgan fingerprint density at radius 2 is 1.55 bits per heavy atom. The molecule has 0 unspecified atom stereocenters. The summed E-state index contributed by atoms with van der Waals surface area (Å²) in [5.41, 5.74) is 2.70. The monoisotopic (exact) mass is 150 g/mol. The maximum atomic E-state index is 11.4. The van der Waals surface area contributed by atoms with E-state index in [2.05, 4.69) is 0 Å². The van der Waals surface area contributed by atoms with E-state index >= 15 is 0 Å². The summed E-state index contributed by atoms with van der Waals surface area (Å²) in [7, 11) is 0. The fourth-order valence-corrected chi connectivity index (χ4v) is 2.19. The molecule has 0 spiro atoms. The van der Waals surface area contributed by atoms with Crippen molar-refractivity contribution in [2.24, 2.45) is 0 Å². The normalized spacial score (nSPS) is 25.3. The van der Waals surface area contributed by atoms with E-state index in [1.165, 1.54) is 36.8 Å². The van der Waals surface area contributed by atoms with Crippen molar-refractivity contribution in [1.82, 2.24) is 0 Å². The van der Waals surface area contributed by atoms with Gasteiger partial charge >= 0.3 is 0 Å². The fourth-order valence-electron chi connectivity index (χ4n) is 2.19. The van der Waals surface area contributed by atoms with Crippen LogP contribution in [-0.2, 0) is 4.79 Å². The molecule has 0 saturated heterocycles. The van der Waals surface area contributed by atoms with Crippen LogP contribution in [0.25, 0.3) is 0 Å². The first-order chi connectivity index (χ1) is 5.38. The van der Waals surface area contributed by atoms with E-state index in [0.29, 0.717) is 5.78 Å². The summed E-state index contributed by atoms with van der Waals surface area (Å²) < 4.78 is 0. The molecule has 2 rings (SSSR count). The van der Waals surface area contributed by atoms with Gasteiger partial charge in [-0.2, -0.15) is 0 Å². The Hall–Kier alpha value is -0.590. The van der Waals surface area contributed by atoms with Crippen LogP contribution in [0.3, 0.4) is 0 Å². The molecule has 1 nitrogen and oxygen atoms in total. The van der Waals surface area contributed by atoms with Gasteiger partial charge < -0.3 is 0 Å². The van der Waals surface area contributed by atoms with Crippen molar-refractivity contribution < 1.29 is 4.79 Å². The summed E-state index contributed by atoms with van der Waals surface area (Å²) >= 11 is 0. The van der Waals surface area contributed by atoms with E-state index in [-0.39, 0.29) is 0 Å². The lowest BCUT2D eigenvalue weighted by molar-refractivity contribution is -0.116. The predicted octanol–water partition coefficient (Wildman–Crippen LogP) is 2.61. The van der Waals surface area contributed by atoms with E-state index in [1.54, 1.807) is 0 Å². The van der Waals surface area contributed by atoms with Crippen LogP contribution in [0.4, 0.5) is 0 Å². The molecule has 2 aliphatic rings. The van der Waals surface area contributed by atoms with Crippen molar-refractivity contribution >= 4 is 5.78 Å². The van der Waals surface area contributed by atoms with Crippen LogP contribution in [0.5, 0.6) is 0 Å². The number of Topliss-reactive ketones (excluding diaryl/α,β-unsaturated/α-hetero) is 1. The first-order valence-electron chi connectivity index (χ1n) is 4.62. The highest BCUT2D eigenvalue weighted by Gasteiger charge is 2.21. The molecule has 0 aromatic rings. The molecular formula is C10H14O. The Labute approximate surface area is 67.5 Å². The van der Waals surface area contributed by atoms with Crippen molar-refractivity contribution in [3.05, 3.63) is 11.1 Å². The number of rotatable bonds is 0. The number of hydrogen-bond donors (Lipinski definition) is 0. The van der Waals surface area contributed by atoms with E-state index in [4.69, 9.17) is 0 Å². The highest BCUT2D eigenvalue weighted by molar-refractivity contribution is 5.97. The highest BCUT2D eigenvalue weighted by atomic mass is 16.1. The Kier molecular flexibility index (Phi) is 1.80. The van der Waals surface area contributed by atoms with E-state index < -0.39 is 0 Å². The van der Waals surface area contributed by atoms with Gasteiger partial charge in [0.1, 0.15) is 0 Å². The SMILES string of the molecule is O=C1CCCC2=C1CCCC2. The number of ketones is 1. The summed E-state index contributed by atoms with van der Waals surface area (Å²) in [5, 5.41) is 0. The molecular weight excluding hydrogens is 136 g/mol. The van der Waals surface area contributed by atoms with Crippen molar-refractivity contribution in [1.29, 1.82) is 0 Å². The molecule has 0 amide bonds. The van der Waals surface area contributed by atoms with Crippen LogP contribution in [0.1, 0.15) is 44.9 Å². The largest absolute Gasteiger partial charge is 0.295 e. The summed E-state index contributed by atoms with van der Waals surface area (Å²) in [6.07, 6.45) is 7.98. The number of hydrogen-bond acceptors (Lipinski definition) is 1. The molecule has 0 fully saturated rings. The zero-order valence-corrected chi connectivity index (χ0v) is 6.86. The standard InChI is InChI=1S/C10H14O/c11-10-7-3-5-8-4-1-2-6-9(8)10/h1-7H2. The van der Waals surface area contributed by atoms with Gasteiger partial charge in [-0.1, -0.05) is 5.57 Å². The van der Waals surface area contributed by atoms with Crippen LogP contribution >= 0.6 is 0 Å². The Morgan fingerprint density at radius 3 is 2.36 bits per heavy atom. The molecule has 0 atom stereocenters. The van der Waals surface area contributed by atoms with Gasteiger partial charge in [0, 0.05) is 6.42 Å². The Morgan fingerprint density at radius 1 is 0.818 bits per heavy atom. The van der Waals surface area contributed by atoms with E-state index in [9.17, 15) is 4.79 Å². The fraction of sp³-hybridized carbons (Fsp3) is 0.700. The first kappa shape index (κ1) is 7.08. The average Bonchev–Trinajstić information content (AvgIpc) is 2.06. The second kappa shape index (κ2) is 2.80. The molecule has 0 aliphatic heterocycles. The minimum atomic E-state index is 0.450. The summed E-state index contributed by atoms with van der Waals surface area (Å²) in [5.74, 6) is 0.450. The molecule has 0 N–H and O–H groups in total. The second-order valence-electron chi connectivity index (χ2n) is 3.57. The third-order valence-corrected chi connectivity index (χ3v) is 2.80. The van der Waals surface area contributed by atoms with Gasteiger partial charge in [0.25, 0.3) is 0 Å². The van der Waals surface area contributed by atoms with Crippen molar-refractivity contribution in [3.63, 3.8) is 0 Å². The molecule has 60 valence electrons. The lowest BCUT2D eigenvalue weighted by atomic mass is 9.81. The van der Waals surface area contributed by atoms with Crippen molar-refractivity contribution in [2.45, 2.75) is 44.9 Å². The zero-order chi connectivity index (χ0) is 7.68. The van der Waals surface area contributed by atoms with Crippen molar-refractivity contribution in [3.8, 4) is 0 Å². The Bertz CT molecular complexity index is 209. The minimum Gasteiger partial charge on any atom is -0.295 e. The van der Waals surface area contributed by atoms with E-state index in [0.717, 1.165) is 19.3 Å². The summed E-state index contributed by atoms with van der Waals surface area (Å²) in [4.78, 5) is 11.4. The summed E-state index contributed by atoms with van der Waals surface area (Å²) in [6.45, 7) is 0. The smallest absolute Gasteiger partial charge is 0.158 e. The number of allylic oxidation sites excluding steroid dienone is 2. The molecule has 1 heteroatoms. The van der Waals surface area contributed by atoms with Crippen molar-refractivity contribution in [2.75, 3.05) is 0 Å². The maximum absolute atomic E-state index is 11.4. The molecule has 0 saturated carbocycles. The van der Waals surface area contributed by atoms with Crippen LogP contribution in [0.2, 0.25) is 0 Å². The highest BCUT2D eigenvalue weighted by Crippen LogP contribution is 2.33. The predicted molar refractivity (Wildman–Crippen MR) is 44.4 cm³/mol. The number of carbonyl (C=O) groups is 1. The molecule has 11 heavy (non-hydrogen) atoms. The Balaban J connectivity index is 2.27. The van der Waals surface area contributed by atoms with Gasteiger partial charge in [-0.25, -0.2) is 0 Å². The van der Waals surface area contributed by atoms with Gasteiger partial charge in [-0.05, 0) is 44.1 Å². The first-order valence-corrected chi connectivity index (χ1v) is 4.62. The molecule has 0 bridgehead atoms. The molecule has 0 aromatic carbocycles. The molecule has 0 radical (unpaired) electrons. The third-order valence-electron chi connectivity index (χ3n) is 2.80. The summed E-state index contributed by atoms with van der Waals surface area (Å²) in [6, 6.07) is 0. The topological polar surface area (TPSA) is 17.1 Å². The lowest BCUT2D eigenvalue weighted by Crippen LogP contribution is -2.14. The van der Waals surface area contributed by atoms with Gasteiger partial charge in [0.2, 0.25) is 0 Å². The van der Waals surface area contributed by atoms with Gasteiger partial charge in [0.05, 0.1) is 0 Å². The molecule has 0 aromatic heterocycles. The van der Waals surface area contributed by atoms with Gasteiger partial charge in [-0.15, -0.1) is 0 Å². The maximum Gasteiger partial charge on any atom is 0.158 e. The van der Waals surface area contributed by atoms with Crippen LogP contribution in [-0.4, -0.2) is 5.78 Å². The van der Waals surface area contributed by atoms with Crippen LogP contribution < -0.4 is 0 Å². The molecule has 2 aliphatic carbocycles. The second-order valence-corrected chi connectivity index (χ2v) is 3.57. The zero-order valence-electron chi connectivity index (χ0n) is 6.86. The number of carbonyl (C=O) groups excluding carboxylic acids is 1. The van der Waals surface area contributed by atoms with Crippen LogP contribution in [0.15, 0.2) is 11.1 Å². The lowest BCUT2D eigenvalue weighted by Gasteiger charge is -2.23. The molecule has 0 heterocycles. The van der Waals surface area contributed by atoms with Gasteiger partial charge in [0.15, 0.2) is 5.78 Å². The van der Waals surface area contributed by atoms with Crippen LogP contribution in [0, 0.1) is 0 Å².